The fraction of sp³-hybridized carbons (Fsp3) is 0.227. The summed E-state index contributed by atoms with van der Waals surface area (Å²) in [5.41, 5.74) is 4.29. The van der Waals surface area contributed by atoms with Gasteiger partial charge in [0.05, 0.1) is 17.4 Å². The number of amides is 1. The number of hydrogen-bond acceptors (Lipinski definition) is 5. The van der Waals surface area contributed by atoms with Crippen molar-refractivity contribution in [3.8, 4) is 11.1 Å². The lowest BCUT2D eigenvalue weighted by molar-refractivity contribution is 0.0736. The fourth-order valence-electron chi connectivity index (χ4n) is 3.81. The number of rotatable bonds is 3. The third-order valence-corrected chi connectivity index (χ3v) is 5.43. The van der Waals surface area contributed by atoms with E-state index in [1.165, 1.54) is 12.1 Å². The zero-order valence-corrected chi connectivity index (χ0v) is 16.5. The lowest BCUT2D eigenvalue weighted by Gasteiger charge is -2.35. The van der Waals surface area contributed by atoms with Crippen molar-refractivity contribution in [2.45, 2.75) is 6.92 Å². The van der Waals surface area contributed by atoms with Gasteiger partial charge >= 0.3 is 0 Å². The fourth-order valence-corrected chi connectivity index (χ4v) is 3.81. The molecular weight excluding hydrogens is 385 g/mol. The Hall–Kier alpha value is -3.68. The second-order valence-electron chi connectivity index (χ2n) is 7.38. The highest BCUT2D eigenvalue weighted by Crippen LogP contribution is 2.28. The lowest BCUT2D eigenvalue weighted by Crippen LogP contribution is -2.48. The topological polar surface area (TPSA) is 66.9 Å². The van der Waals surface area contributed by atoms with Gasteiger partial charge in [-0.2, -0.15) is 5.10 Å². The number of aromatic nitrogens is 3. The molecule has 4 aromatic rings. The minimum absolute atomic E-state index is 0.107. The van der Waals surface area contributed by atoms with Gasteiger partial charge in [0, 0.05) is 38.4 Å². The van der Waals surface area contributed by atoms with Crippen LogP contribution in [0.15, 0.2) is 59.4 Å². The maximum atomic E-state index is 13.3. The van der Waals surface area contributed by atoms with E-state index in [1.54, 1.807) is 30.0 Å². The van der Waals surface area contributed by atoms with Crippen LogP contribution < -0.4 is 4.90 Å². The Morgan fingerprint density at radius 1 is 1.03 bits per heavy atom. The number of piperazine rings is 1. The van der Waals surface area contributed by atoms with Crippen LogP contribution in [0.2, 0.25) is 0 Å². The summed E-state index contributed by atoms with van der Waals surface area (Å²) >= 11 is 0. The normalized spacial score (nSPS) is 14.5. The largest absolute Gasteiger partial charge is 0.365 e. The summed E-state index contributed by atoms with van der Waals surface area (Å²) in [6.45, 7) is 4.36. The SMILES string of the molecule is Cc1cc(C(=O)N2CCN(c3cnn4ccc(-c5ccc(F)cc5)cc34)CC2)no1. The molecule has 0 bridgehead atoms. The number of pyridine rings is 1. The molecule has 7 nitrogen and oxygen atoms in total. The van der Waals surface area contributed by atoms with Crippen molar-refractivity contribution < 1.29 is 13.7 Å². The Labute approximate surface area is 172 Å². The van der Waals surface area contributed by atoms with Crippen LogP contribution in [0.4, 0.5) is 10.1 Å². The number of anilines is 1. The molecule has 0 atom stereocenters. The van der Waals surface area contributed by atoms with Crippen molar-refractivity contribution in [3.05, 3.63) is 72.1 Å². The number of fused-ring (bicyclic) bond motifs is 1. The molecule has 1 saturated heterocycles. The summed E-state index contributed by atoms with van der Waals surface area (Å²) in [4.78, 5) is 16.6. The van der Waals surface area contributed by atoms with Gasteiger partial charge in [0.1, 0.15) is 11.6 Å². The van der Waals surface area contributed by atoms with Crippen molar-refractivity contribution in [2.75, 3.05) is 31.1 Å². The van der Waals surface area contributed by atoms with Crippen molar-refractivity contribution in [3.63, 3.8) is 0 Å². The number of carbonyl (C=O) groups excluding carboxylic acids is 1. The Balaban J connectivity index is 1.36. The predicted octanol–water partition coefficient (Wildman–Crippen LogP) is 3.40. The highest BCUT2D eigenvalue weighted by molar-refractivity contribution is 5.92. The van der Waals surface area contributed by atoms with Gasteiger partial charge in [-0.25, -0.2) is 8.91 Å². The molecule has 1 amide bonds. The number of aryl methyl sites for hydroxylation is 1. The first-order valence-corrected chi connectivity index (χ1v) is 9.79. The molecule has 0 unspecified atom stereocenters. The zero-order valence-electron chi connectivity index (χ0n) is 16.5. The van der Waals surface area contributed by atoms with E-state index in [9.17, 15) is 9.18 Å². The van der Waals surface area contributed by atoms with E-state index >= 15 is 0 Å². The molecular formula is C22H20FN5O2. The lowest BCUT2D eigenvalue weighted by atomic mass is 10.1. The van der Waals surface area contributed by atoms with Gasteiger partial charge in [0.25, 0.3) is 5.91 Å². The molecule has 0 saturated carbocycles. The molecule has 1 aromatic carbocycles. The maximum absolute atomic E-state index is 13.3. The van der Waals surface area contributed by atoms with E-state index in [2.05, 4.69) is 21.2 Å². The monoisotopic (exact) mass is 405 g/mol. The van der Waals surface area contributed by atoms with Crippen molar-refractivity contribution in [1.82, 2.24) is 19.7 Å². The van der Waals surface area contributed by atoms with Gasteiger partial charge in [0.15, 0.2) is 5.69 Å². The molecule has 0 N–H and O–H groups in total. The van der Waals surface area contributed by atoms with Crippen molar-refractivity contribution >= 4 is 17.1 Å². The first kappa shape index (κ1) is 18.4. The van der Waals surface area contributed by atoms with Crippen LogP contribution in [0.25, 0.3) is 16.6 Å². The Morgan fingerprint density at radius 3 is 2.50 bits per heavy atom. The van der Waals surface area contributed by atoms with Gasteiger partial charge in [-0.3, -0.25) is 4.79 Å². The van der Waals surface area contributed by atoms with Gasteiger partial charge in [-0.15, -0.1) is 0 Å². The Kier molecular flexibility index (Phi) is 4.46. The highest BCUT2D eigenvalue weighted by Gasteiger charge is 2.25. The standard InChI is InChI=1S/C22H20FN5O2/c1-15-12-19(25-30-15)22(29)27-10-8-26(9-11-27)21-14-24-28-7-6-17(13-20(21)28)16-2-4-18(23)5-3-16/h2-7,12-14H,8-11H2,1H3. The molecule has 0 spiro atoms. The molecule has 1 aliphatic heterocycles. The summed E-state index contributed by atoms with van der Waals surface area (Å²) in [7, 11) is 0. The molecule has 1 fully saturated rings. The van der Waals surface area contributed by atoms with E-state index in [-0.39, 0.29) is 11.7 Å². The number of hydrogen-bond donors (Lipinski definition) is 0. The predicted molar refractivity (Wildman–Crippen MR) is 110 cm³/mol. The van der Waals surface area contributed by atoms with Gasteiger partial charge < -0.3 is 14.3 Å². The molecule has 5 rings (SSSR count). The van der Waals surface area contributed by atoms with Crippen LogP contribution in [-0.4, -0.2) is 51.8 Å². The van der Waals surface area contributed by atoms with Crippen molar-refractivity contribution in [1.29, 1.82) is 0 Å². The number of carbonyl (C=O) groups is 1. The average Bonchev–Trinajstić information content (AvgIpc) is 3.40. The summed E-state index contributed by atoms with van der Waals surface area (Å²) in [5, 5.41) is 8.29. The minimum atomic E-state index is -0.252. The second kappa shape index (κ2) is 7.29. The van der Waals surface area contributed by atoms with E-state index in [1.807, 2.05) is 23.0 Å². The van der Waals surface area contributed by atoms with Crippen LogP contribution in [0.1, 0.15) is 16.2 Å². The van der Waals surface area contributed by atoms with Gasteiger partial charge in [-0.05, 0) is 42.3 Å². The third-order valence-electron chi connectivity index (χ3n) is 5.43. The number of benzene rings is 1. The minimum Gasteiger partial charge on any atom is -0.365 e. The summed E-state index contributed by atoms with van der Waals surface area (Å²) in [5.74, 6) is 0.267. The molecule has 4 heterocycles. The number of nitrogens with zero attached hydrogens (tertiary/aromatic N) is 5. The first-order chi connectivity index (χ1) is 14.6. The van der Waals surface area contributed by atoms with Gasteiger partial charge in [0.2, 0.25) is 0 Å². The zero-order chi connectivity index (χ0) is 20.7. The van der Waals surface area contributed by atoms with Crippen LogP contribution in [0.3, 0.4) is 0 Å². The molecule has 30 heavy (non-hydrogen) atoms. The second-order valence-corrected chi connectivity index (χ2v) is 7.38. The summed E-state index contributed by atoms with van der Waals surface area (Å²) in [6, 6.07) is 12.2. The number of halogens is 1. The Bertz CT molecular complexity index is 1210. The van der Waals surface area contributed by atoms with E-state index in [0.717, 1.165) is 22.3 Å². The molecule has 3 aromatic heterocycles. The van der Waals surface area contributed by atoms with Gasteiger partial charge in [-0.1, -0.05) is 17.3 Å². The average molecular weight is 405 g/mol. The quantitative estimate of drug-likeness (QED) is 0.523. The summed E-state index contributed by atoms with van der Waals surface area (Å²) in [6.07, 6.45) is 3.76. The smallest absolute Gasteiger partial charge is 0.276 e. The Morgan fingerprint density at radius 2 is 1.80 bits per heavy atom. The van der Waals surface area contributed by atoms with E-state index in [0.29, 0.717) is 37.6 Å². The molecule has 0 aliphatic carbocycles. The van der Waals surface area contributed by atoms with E-state index in [4.69, 9.17) is 4.52 Å². The summed E-state index contributed by atoms with van der Waals surface area (Å²) < 4.78 is 20.1. The highest BCUT2D eigenvalue weighted by atomic mass is 19.1. The molecule has 152 valence electrons. The van der Waals surface area contributed by atoms with Crippen LogP contribution in [0, 0.1) is 12.7 Å². The van der Waals surface area contributed by atoms with Crippen LogP contribution in [-0.2, 0) is 0 Å². The van der Waals surface area contributed by atoms with Crippen LogP contribution >= 0.6 is 0 Å². The first-order valence-electron chi connectivity index (χ1n) is 9.79. The molecule has 8 heteroatoms. The van der Waals surface area contributed by atoms with Crippen molar-refractivity contribution in [2.24, 2.45) is 0 Å². The maximum Gasteiger partial charge on any atom is 0.276 e. The molecule has 1 aliphatic rings. The van der Waals surface area contributed by atoms with Crippen LogP contribution in [0.5, 0.6) is 0 Å². The molecule has 0 radical (unpaired) electrons. The van der Waals surface area contributed by atoms with E-state index < -0.39 is 0 Å². The third kappa shape index (κ3) is 3.30.